The molecule has 3 aromatic heterocycles. The van der Waals surface area contributed by atoms with Gasteiger partial charge in [0.05, 0.1) is 17.1 Å². The van der Waals surface area contributed by atoms with Gasteiger partial charge < -0.3 is 15.8 Å². The van der Waals surface area contributed by atoms with Gasteiger partial charge >= 0.3 is 0 Å². The highest BCUT2D eigenvalue weighted by Gasteiger charge is 2.26. The summed E-state index contributed by atoms with van der Waals surface area (Å²) in [7, 11) is 0. The minimum Gasteiger partial charge on any atom is -0.476 e. The molecule has 0 aliphatic carbocycles. The molecule has 0 spiro atoms. The van der Waals surface area contributed by atoms with Gasteiger partial charge in [-0.2, -0.15) is 5.10 Å². The molecule has 12 heteroatoms. The first-order valence-electron chi connectivity index (χ1n) is 8.29. The summed E-state index contributed by atoms with van der Waals surface area (Å²) in [6, 6.07) is 4.38. The molecular formula is C17H15N7O5. The number of ether oxygens (including phenoxy) is 1. The van der Waals surface area contributed by atoms with Gasteiger partial charge in [0.15, 0.2) is 0 Å². The Hall–Kier alpha value is -4.35. The lowest BCUT2D eigenvalue weighted by atomic mass is 10.1. The molecule has 0 saturated carbocycles. The summed E-state index contributed by atoms with van der Waals surface area (Å²) in [5.74, 6) is -1.70. The third kappa shape index (κ3) is 4.00. The van der Waals surface area contributed by atoms with Crippen molar-refractivity contribution in [2.45, 2.75) is 6.92 Å². The lowest BCUT2D eigenvalue weighted by Crippen LogP contribution is -2.20. The van der Waals surface area contributed by atoms with Gasteiger partial charge in [0.1, 0.15) is 23.3 Å². The number of pyridine rings is 2. The Labute approximate surface area is 163 Å². The number of nitrogens with two attached hydrogens (primary N) is 1. The normalized spacial score (nSPS) is 10.4. The number of anilines is 1. The second-order valence-corrected chi connectivity index (χ2v) is 5.62. The van der Waals surface area contributed by atoms with Crippen molar-refractivity contribution in [3.8, 4) is 17.1 Å². The van der Waals surface area contributed by atoms with Crippen LogP contribution in [0.2, 0.25) is 0 Å². The SMILES string of the molecule is CCOc1ncc([N+](=O)[O-])cc1NC(=O)c1c(-c2cccnc2)n[nH]c1C(N)=O. The summed E-state index contributed by atoms with van der Waals surface area (Å²) < 4.78 is 5.31. The molecule has 0 radical (unpaired) electrons. The Balaban J connectivity index is 2.06. The predicted octanol–water partition coefficient (Wildman–Crippen LogP) is 1.52. The van der Waals surface area contributed by atoms with Crippen molar-refractivity contribution >= 4 is 23.2 Å². The van der Waals surface area contributed by atoms with E-state index in [0.717, 1.165) is 12.3 Å². The highest BCUT2D eigenvalue weighted by atomic mass is 16.6. The number of nitrogens with one attached hydrogen (secondary N) is 2. The van der Waals surface area contributed by atoms with E-state index in [-0.39, 0.29) is 40.8 Å². The van der Waals surface area contributed by atoms with Crippen LogP contribution in [0.5, 0.6) is 5.88 Å². The third-order valence-electron chi connectivity index (χ3n) is 3.75. The van der Waals surface area contributed by atoms with Crippen LogP contribution < -0.4 is 15.8 Å². The molecule has 0 fully saturated rings. The topological polar surface area (TPSA) is 179 Å². The van der Waals surface area contributed by atoms with Crippen LogP contribution in [-0.2, 0) is 0 Å². The molecule has 0 aromatic carbocycles. The molecular weight excluding hydrogens is 382 g/mol. The summed E-state index contributed by atoms with van der Waals surface area (Å²) in [6.45, 7) is 1.91. The average molecular weight is 397 g/mol. The van der Waals surface area contributed by atoms with Crippen molar-refractivity contribution < 1.29 is 19.2 Å². The van der Waals surface area contributed by atoms with Crippen molar-refractivity contribution in [3.63, 3.8) is 0 Å². The van der Waals surface area contributed by atoms with Crippen molar-refractivity contribution in [3.05, 3.63) is 58.2 Å². The molecule has 4 N–H and O–H groups in total. The molecule has 0 unspecified atom stereocenters. The molecule has 3 rings (SSSR count). The number of rotatable bonds is 7. The smallest absolute Gasteiger partial charge is 0.289 e. The number of carbonyl (C=O) groups excluding carboxylic acids is 2. The standard InChI is InChI=1S/C17H15N7O5/c1-2-29-17-11(6-10(8-20-17)24(27)28)21-16(26)12-13(9-4-3-5-19-7-9)22-23-14(12)15(18)25/h3-8H,2H2,1H3,(H2,18,25)(H,21,26)(H,22,23). The number of primary amides is 1. The van der Waals surface area contributed by atoms with Crippen molar-refractivity contribution in [1.29, 1.82) is 0 Å². The molecule has 2 amide bonds. The van der Waals surface area contributed by atoms with Gasteiger partial charge in [-0.1, -0.05) is 0 Å². The fourth-order valence-corrected chi connectivity index (χ4v) is 2.52. The zero-order valence-corrected chi connectivity index (χ0v) is 15.1. The number of hydrogen-bond acceptors (Lipinski definition) is 8. The number of amides is 2. The Kier molecular flexibility index (Phi) is 5.44. The Morgan fingerprint density at radius 3 is 2.79 bits per heavy atom. The zero-order chi connectivity index (χ0) is 21.0. The van der Waals surface area contributed by atoms with Gasteiger partial charge in [0.2, 0.25) is 5.88 Å². The molecule has 12 nitrogen and oxygen atoms in total. The van der Waals surface area contributed by atoms with Crippen molar-refractivity contribution in [2.75, 3.05) is 11.9 Å². The number of H-pyrrole nitrogens is 1. The fraction of sp³-hybridized carbons (Fsp3) is 0.118. The van der Waals surface area contributed by atoms with E-state index in [1.807, 2.05) is 0 Å². The van der Waals surface area contributed by atoms with E-state index in [4.69, 9.17) is 10.5 Å². The van der Waals surface area contributed by atoms with Gasteiger partial charge in [-0.3, -0.25) is 29.8 Å². The first-order chi connectivity index (χ1) is 13.9. The van der Waals surface area contributed by atoms with E-state index in [1.54, 1.807) is 19.1 Å². The number of hydrogen-bond donors (Lipinski definition) is 3. The van der Waals surface area contributed by atoms with Gasteiger partial charge in [0.25, 0.3) is 17.5 Å². The second-order valence-electron chi connectivity index (χ2n) is 5.62. The van der Waals surface area contributed by atoms with Crippen LogP contribution in [0.3, 0.4) is 0 Å². The van der Waals surface area contributed by atoms with Crippen LogP contribution in [0, 0.1) is 10.1 Å². The first kappa shape index (κ1) is 19.4. The second kappa shape index (κ2) is 8.12. The quantitative estimate of drug-likeness (QED) is 0.396. The molecule has 0 saturated heterocycles. The molecule has 0 bridgehead atoms. The average Bonchev–Trinajstić information content (AvgIpc) is 3.15. The monoisotopic (exact) mass is 397 g/mol. The molecule has 148 valence electrons. The molecule has 29 heavy (non-hydrogen) atoms. The maximum atomic E-state index is 13.0. The predicted molar refractivity (Wildman–Crippen MR) is 100 cm³/mol. The van der Waals surface area contributed by atoms with Crippen LogP contribution in [0.25, 0.3) is 11.3 Å². The minimum absolute atomic E-state index is 0.0153. The summed E-state index contributed by atoms with van der Waals surface area (Å²) in [5, 5.41) is 20.0. The Morgan fingerprint density at radius 2 is 2.17 bits per heavy atom. The van der Waals surface area contributed by atoms with Gasteiger partial charge in [-0.15, -0.1) is 0 Å². The minimum atomic E-state index is -0.903. The number of carbonyl (C=O) groups is 2. The summed E-state index contributed by atoms with van der Waals surface area (Å²) >= 11 is 0. The highest BCUT2D eigenvalue weighted by Crippen LogP contribution is 2.29. The van der Waals surface area contributed by atoms with E-state index in [1.165, 1.54) is 12.4 Å². The van der Waals surface area contributed by atoms with E-state index < -0.39 is 16.7 Å². The molecule has 0 aliphatic rings. The maximum absolute atomic E-state index is 13.0. The largest absolute Gasteiger partial charge is 0.476 e. The van der Waals surface area contributed by atoms with Gasteiger partial charge in [0, 0.05) is 24.0 Å². The van der Waals surface area contributed by atoms with Crippen LogP contribution in [0.1, 0.15) is 27.8 Å². The van der Waals surface area contributed by atoms with Crippen molar-refractivity contribution in [1.82, 2.24) is 20.2 Å². The third-order valence-corrected chi connectivity index (χ3v) is 3.75. The number of nitro groups is 1. The van der Waals surface area contributed by atoms with E-state index >= 15 is 0 Å². The van der Waals surface area contributed by atoms with E-state index in [2.05, 4.69) is 25.5 Å². The van der Waals surface area contributed by atoms with Crippen LogP contribution in [0.4, 0.5) is 11.4 Å². The maximum Gasteiger partial charge on any atom is 0.289 e. The summed E-state index contributed by atoms with van der Waals surface area (Å²) in [5.41, 5.74) is 5.19. The van der Waals surface area contributed by atoms with Crippen LogP contribution in [0.15, 0.2) is 36.8 Å². The lowest BCUT2D eigenvalue weighted by molar-refractivity contribution is -0.385. The van der Waals surface area contributed by atoms with Crippen molar-refractivity contribution in [2.24, 2.45) is 5.73 Å². The van der Waals surface area contributed by atoms with E-state index in [0.29, 0.717) is 5.56 Å². The highest BCUT2D eigenvalue weighted by molar-refractivity contribution is 6.14. The van der Waals surface area contributed by atoms with Crippen LogP contribution in [-0.4, -0.2) is 43.5 Å². The van der Waals surface area contributed by atoms with Gasteiger partial charge in [-0.25, -0.2) is 4.98 Å². The molecule has 0 aliphatic heterocycles. The molecule has 3 aromatic rings. The number of aromatic nitrogens is 4. The first-order valence-corrected chi connectivity index (χ1v) is 8.29. The summed E-state index contributed by atoms with van der Waals surface area (Å²) in [4.78, 5) is 43.0. The fourth-order valence-electron chi connectivity index (χ4n) is 2.52. The van der Waals surface area contributed by atoms with Gasteiger partial charge in [-0.05, 0) is 19.1 Å². The Bertz CT molecular complexity index is 1080. The number of nitrogens with zero attached hydrogens (tertiary/aromatic N) is 4. The molecule has 0 atom stereocenters. The molecule has 3 heterocycles. The van der Waals surface area contributed by atoms with Crippen LogP contribution >= 0.6 is 0 Å². The zero-order valence-electron chi connectivity index (χ0n) is 15.1. The number of aromatic amines is 1. The Morgan fingerprint density at radius 1 is 1.38 bits per heavy atom. The lowest BCUT2D eigenvalue weighted by Gasteiger charge is -2.11. The summed E-state index contributed by atoms with van der Waals surface area (Å²) in [6.07, 6.45) is 4.00. The van der Waals surface area contributed by atoms with E-state index in [9.17, 15) is 19.7 Å².